The van der Waals surface area contributed by atoms with Crippen molar-refractivity contribution in [3.63, 3.8) is 0 Å². The first-order valence-electron chi connectivity index (χ1n) is 5.72. The minimum absolute atomic E-state index is 0.374. The van der Waals surface area contributed by atoms with Crippen molar-refractivity contribution >= 4 is 23.3 Å². The van der Waals surface area contributed by atoms with Gasteiger partial charge >= 0.3 is 0 Å². The van der Waals surface area contributed by atoms with Crippen LogP contribution in [0.4, 0.5) is 8.78 Å². The van der Waals surface area contributed by atoms with Gasteiger partial charge < -0.3 is 4.98 Å². The minimum Gasteiger partial charge on any atom is -0.330 e. The van der Waals surface area contributed by atoms with Gasteiger partial charge in [-0.3, -0.25) is 4.57 Å². The van der Waals surface area contributed by atoms with Gasteiger partial charge in [0, 0.05) is 6.07 Å². The Balaban J connectivity index is 2.38. The summed E-state index contributed by atoms with van der Waals surface area (Å²) in [6.45, 7) is 1.95. The molecule has 1 aromatic heterocycles. The van der Waals surface area contributed by atoms with Crippen LogP contribution in [0.15, 0.2) is 36.4 Å². The van der Waals surface area contributed by atoms with Gasteiger partial charge in [0.25, 0.3) is 0 Å². The zero-order valence-corrected chi connectivity index (χ0v) is 10.9. The molecule has 0 bridgehead atoms. The van der Waals surface area contributed by atoms with Gasteiger partial charge in [0.1, 0.15) is 11.6 Å². The second kappa shape index (κ2) is 4.28. The maximum absolute atomic E-state index is 13.3. The zero-order valence-electron chi connectivity index (χ0n) is 10.1. The van der Waals surface area contributed by atoms with E-state index in [0.717, 1.165) is 22.7 Å². The third-order valence-corrected chi connectivity index (χ3v) is 3.23. The summed E-state index contributed by atoms with van der Waals surface area (Å²) in [6.07, 6.45) is 0. The maximum atomic E-state index is 13.3. The third-order valence-electron chi connectivity index (χ3n) is 2.94. The molecule has 0 radical (unpaired) electrons. The number of benzene rings is 2. The summed E-state index contributed by atoms with van der Waals surface area (Å²) in [5, 5.41) is 0. The molecule has 0 aliphatic heterocycles. The number of hydrogen-bond acceptors (Lipinski definition) is 1. The van der Waals surface area contributed by atoms with E-state index in [-0.39, 0.29) is 0 Å². The molecule has 19 heavy (non-hydrogen) atoms. The van der Waals surface area contributed by atoms with Gasteiger partial charge in [-0.25, -0.2) is 8.78 Å². The highest BCUT2D eigenvalue weighted by molar-refractivity contribution is 7.71. The summed E-state index contributed by atoms with van der Waals surface area (Å²) in [7, 11) is 0. The lowest BCUT2D eigenvalue weighted by Gasteiger charge is -2.05. The molecule has 2 nitrogen and oxygen atoms in total. The smallest absolute Gasteiger partial charge is 0.182 e. The predicted molar refractivity (Wildman–Crippen MR) is 73.1 cm³/mol. The first-order valence-corrected chi connectivity index (χ1v) is 6.13. The Morgan fingerprint density at radius 3 is 2.42 bits per heavy atom. The third kappa shape index (κ3) is 2.06. The molecule has 0 saturated heterocycles. The van der Waals surface area contributed by atoms with Crippen molar-refractivity contribution in [1.82, 2.24) is 9.55 Å². The highest BCUT2D eigenvalue weighted by Gasteiger charge is 2.09. The highest BCUT2D eigenvalue weighted by Crippen LogP contribution is 2.22. The van der Waals surface area contributed by atoms with Crippen LogP contribution in [0.3, 0.4) is 0 Å². The van der Waals surface area contributed by atoms with E-state index in [4.69, 9.17) is 12.2 Å². The fourth-order valence-electron chi connectivity index (χ4n) is 2.14. The molecule has 1 N–H and O–H groups in total. The summed E-state index contributed by atoms with van der Waals surface area (Å²) in [4.78, 5) is 3.02. The van der Waals surface area contributed by atoms with Crippen molar-refractivity contribution in [2.24, 2.45) is 0 Å². The lowest BCUT2D eigenvalue weighted by Crippen LogP contribution is -1.96. The Morgan fingerprint density at radius 1 is 1.05 bits per heavy atom. The molecule has 0 spiro atoms. The largest absolute Gasteiger partial charge is 0.330 e. The summed E-state index contributed by atoms with van der Waals surface area (Å²) >= 11 is 5.23. The second-order valence-electron chi connectivity index (χ2n) is 4.41. The van der Waals surface area contributed by atoms with E-state index in [1.54, 1.807) is 4.57 Å². The van der Waals surface area contributed by atoms with E-state index < -0.39 is 11.6 Å². The fraction of sp³-hybridized carbons (Fsp3) is 0.0714. The van der Waals surface area contributed by atoms with Gasteiger partial charge in [0.2, 0.25) is 0 Å². The minimum atomic E-state index is -0.626. The van der Waals surface area contributed by atoms with Crippen LogP contribution in [0.5, 0.6) is 0 Å². The van der Waals surface area contributed by atoms with E-state index in [1.807, 2.05) is 25.1 Å². The number of hydrogen-bond donors (Lipinski definition) is 1. The van der Waals surface area contributed by atoms with Crippen molar-refractivity contribution in [1.29, 1.82) is 0 Å². The molecule has 0 amide bonds. The van der Waals surface area contributed by atoms with Crippen LogP contribution in [0.25, 0.3) is 16.7 Å². The van der Waals surface area contributed by atoms with Crippen LogP contribution in [0.1, 0.15) is 5.56 Å². The van der Waals surface area contributed by atoms with E-state index in [2.05, 4.69) is 4.98 Å². The van der Waals surface area contributed by atoms with E-state index in [1.165, 1.54) is 12.1 Å². The number of aromatic amines is 1. The number of fused-ring (bicyclic) bond motifs is 1. The van der Waals surface area contributed by atoms with Gasteiger partial charge in [-0.1, -0.05) is 6.07 Å². The molecule has 5 heteroatoms. The Bertz CT molecular complexity index is 813. The van der Waals surface area contributed by atoms with Gasteiger partial charge in [0.05, 0.1) is 16.7 Å². The lowest BCUT2D eigenvalue weighted by atomic mass is 10.2. The molecule has 1 heterocycles. The molecule has 0 atom stereocenters. The topological polar surface area (TPSA) is 20.7 Å². The normalized spacial score (nSPS) is 11.1. The SMILES string of the molecule is Cc1ccc2[nH]c(=S)n(-c3cc(F)cc(F)c3)c2c1. The van der Waals surface area contributed by atoms with E-state index >= 15 is 0 Å². The highest BCUT2D eigenvalue weighted by atomic mass is 32.1. The molecule has 0 fully saturated rings. The quantitative estimate of drug-likeness (QED) is 0.658. The van der Waals surface area contributed by atoms with Gasteiger partial charge in [-0.05, 0) is 49.0 Å². The number of imidazole rings is 1. The number of aryl methyl sites for hydroxylation is 1. The first kappa shape index (κ1) is 12.0. The van der Waals surface area contributed by atoms with Crippen LogP contribution in [-0.2, 0) is 0 Å². The van der Waals surface area contributed by atoms with Crippen molar-refractivity contribution < 1.29 is 8.78 Å². The van der Waals surface area contributed by atoms with Crippen molar-refractivity contribution in [3.8, 4) is 5.69 Å². The maximum Gasteiger partial charge on any atom is 0.182 e. The van der Waals surface area contributed by atoms with Crippen LogP contribution in [-0.4, -0.2) is 9.55 Å². The van der Waals surface area contributed by atoms with Crippen LogP contribution >= 0.6 is 12.2 Å². The molecule has 0 unspecified atom stereocenters. The van der Waals surface area contributed by atoms with Gasteiger partial charge in [-0.2, -0.15) is 0 Å². The zero-order chi connectivity index (χ0) is 13.6. The average molecular weight is 276 g/mol. The Morgan fingerprint density at radius 2 is 1.74 bits per heavy atom. The van der Waals surface area contributed by atoms with Gasteiger partial charge in [-0.15, -0.1) is 0 Å². The first-order chi connectivity index (χ1) is 9.04. The monoisotopic (exact) mass is 276 g/mol. The Hall–Kier alpha value is -2.01. The lowest BCUT2D eigenvalue weighted by molar-refractivity contribution is 0.581. The predicted octanol–water partition coefficient (Wildman–Crippen LogP) is 4.27. The Labute approximate surface area is 113 Å². The summed E-state index contributed by atoms with van der Waals surface area (Å²) in [5.41, 5.74) is 3.06. The van der Waals surface area contributed by atoms with Crippen molar-refractivity contribution in [3.05, 3.63) is 58.4 Å². The van der Waals surface area contributed by atoms with Crippen LogP contribution in [0, 0.1) is 23.3 Å². The fourth-order valence-corrected chi connectivity index (χ4v) is 2.45. The number of aromatic nitrogens is 2. The number of nitrogens with zero attached hydrogens (tertiary/aromatic N) is 1. The van der Waals surface area contributed by atoms with Gasteiger partial charge in [0.15, 0.2) is 4.77 Å². The average Bonchev–Trinajstić information content (AvgIpc) is 2.63. The van der Waals surface area contributed by atoms with Crippen LogP contribution in [0.2, 0.25) is 0 Å². The summed E-state index contributed by atoms with van der Waals surface area (Å²) in [5.74, 6) is -1.25. The van der Waals surface area contributed by atoms with Crippen molar-refractivity contribution in [2.75, 3.05) is 0 Å². The molecule has 3 rings (SSSR count). The summed E-state index contributed by atoms with van der Waals surface area (Å²) < 4.78 is 28.7. The molecular formula is C14H10F2N2S. The van der Waals surface area contributed by atoms with Crippen LogP contribution < -0.4 is 0 Å². The molecular weight excluding hydrogens is 266 g/mol. The van der Waals surface area contributed by atoms with E-state index in [0.29, 0.717) is 10.5 Å². The number of halogens is 2. The number of H-pyrrole nitrogens is 1. The van der Waals surface area contributed by atoms with Crippen molar-refractivity contribution in [2.45, 2.75) is 6.92 Å². The standard InChI is InChI=1S/C14H10F2N2S/c1-8-2-3-12-13(4-8)18(14(19)17-12)11-6-9(15)5-10(16)7-11/h2-7H,1H3,(H,17,19). The molecule has 0 aliphatic rings. The molecule has 96 valence electrons. The number of rotatable bonds is 1. The number of nitrogens with one attached hydrogen (secondary N) is 1. The summed E-state index contributed by atoms with van der Waals surface area (Å²) in [6, 6.07) is 9.12. The Kier molecular flexibility index (Phi) is 2.71. The molecule has 2 aromatic carbocycles. The second-order valence-corrected chi connectivity index (χ2v) is 4.80. The van der Waals surface area contributed by atoms with E-state index in [9.17, 15) is 8.78 Å². The molecule has 3 aromatic rings. The molecule has 0 saturated carbocycles. The molecule has 0 aliphatic carbocycles.